The summed E-state index contributed by atoms with van der Waals surface area (Å²) in [5.74, 6) is 0.144. The number of hydrogen-bond donors (Lipinski definition) is 1. The van der Waals surface area contributed by atoms with Gasteiger partial charge in [0.15, 0.2) is 5.54 Å². The maximum atomic E-state index is 12.1. The van der Waals surface area contributed by atoms with Crippen LogP contribution in [0, 0.1) is 6.92 Å². The van der Waals surface area contributed by atoms with Gasteiger partial charge in [-0.2, -0.15) is 0 Å². The predicted molar refractivity (Wildman–Crippen MR) is 81.0 cm³/mol. The number of carbonyl (C=O) groups is 1. The number of hydrogen-bond acceptors (Lipinski definition) is 4. The summed E-state index contributed by atoms with van der Waals surface area (Å²) in [4.78, 5) is 12.1. The van der Waals surface area contributed by atoms with Crippen LogP contribution < -0.4 is 10.5 Å². The Morgan fingerprint density at radius 3 is 2.48 bits per heavy atom. The van der Waals surface area contributed by atoms with Crippen LogP contribution in [-0.2, 0) is 15.1 Å². The van der Waals surface area contributed by atoms with Gasteiger partial charge in [0.1, 0.15) is 12.4 Å². The Morgan fingerprint density at radius 2 is 1.86 bits per heavy atom. The second-order valence-corrected chi connectivity index (χ2v) is 4.93. The number of benzene rings is 2. The van der Waals surface area contributed by atoms with Crippen molar-refractivity contribution in [1.29, 1.82) is 0 Å². The van der Waals surface area contributed by atoms with E-state index in [0.717, 1.165) is 5.56 Å². The number of nitrogens with two attached hydrogens (primary N) is 1. The van der Waals surface area contributed by atoms with Gasteiger partial charge in [0.05, 0.1) is 7.11 Å². The van der Waals surface area contributed by atoms with E-state index in [1.807, 2.05) is 49.4 Å². The summed E-state index contributed by atoms with van der Waals surface area (Å²) in [5, 5.41) is 0. The molecule has 4 heteroatoms. The molecule has 0 radical (unpaired) electrons. The second-order valence-electron chi connectivity index (χ2n) is 4.93. The molecule has 0 aliphatic heterocycles. The van der Waals surface area contributed by atoms with Gasteiger partial charge in [-0.1, -0.05) is 42.5 Å². The fraction of sp³-hybridized carbons (Fsp3) is 0.235. The van der Waals surface area contributed by atoms with Crippen molar-refractivity contribution < 1.29 is 14.3 Å². The van der Waals surface area contributed by atoms with E-state index in [2.05, 4.69) is 0 Å². The predicted octanol–water partition coefficient (Wildman–Crippen LogP) is 2.40. The van der Waals surface area contributed by atoms with Crippen LogP contribution in [0.15, 0.2) is 54.6 Å². The number of esters is 1. The second kappa shape index (κ2) is 6.41. The van der Waals surface area contributed by atoms with E-state index >= 15 is 0 Å². The molecular weight excluding hydrogens is 266 g/mol. The van der Waals surface area contributed by atoms with Crippen LogP contribution in [0.4, 0.5) is 0 Å². The Balaban J connectivity index is 2.23. The number of ether oxygens (including phenoxy) is 2. The molecule has 110 valence electrons. The quantitative estimate of drug-likeness (QED) is 0.857. The van der Waals surface area contributed by atoms with Crippen molar-refractivity contribution in [3.63, 3.8) is 0 Å². The third kappa shape index (κ3) is 3.41. The summed E-state index contributed by atoms with van der Waals surface area (Å²) in [7, 11) is 1.32. The van der Waals surface area contributed by atoms with Crippen LogP contribution in [-0.4, -0.2) is 19.7 Å². The Morgan fingerprint density at radius 1 is 1.14 bits per heavy atom. The summed E-state index contributed by atoms with van der Waals surface area (Å²) >= 11 is 0. The number of methoxy groups -OCH3 is 1. The van der Waals surface area contributed by atoms with Crippen molar-refractivity contribution in [2.24, 2.45) is 5.73 Å². The Labute approximate surface area is 124 Å². The molecule has 0 saturated carbocycles. The molecule has 2 N–H and O–H groups in total. The fourth-order valence-corrected chi connectivity index (χ4v) is 2.08. The minimum atomic E-state index is -1.33. The van der Waals surface area contributed by atoms with Crippen LogP contribution in [0.25, 0.3) is 0 Å². The van der Waals surface area contributed by atoms with Crippen LogP contribution >= 0.6 is 0 Å². The van der Waals surface area contributed by atoms with Gasteiger partial charge in [-0.05, 0) is 30.2 Å². The zero-order chi connectivity index (χ0) is 15.3. The molecule has 2 aromatic rings. The normalized spacial score (nSPS) is 13.3. The molecule has 0 amide bonds. The van der Waals surface area contributed by atoms with Crippen LogP contribution in [0.5, 0.6) is 5.75 Å². The fourth-order valence-electron chi connectivity index (χ4n) is 2.08. The van der Waals surface area contributed by atoms with Gasteiger partial charge in [0.25, 0.3) is 0 Å². The van der Waals surface area contributed by atoms with Gasteiger partial charge in [-0.3, -0.25) is 0 Å². The molecular formula is C17H19NO3. The highest BCUT2D eigenvalue weighted by molar-refractivity contribution is 5.82. The molecule has 0 aromatic heterocycles. The number of aryl methyl sites for hydroxylation is 1. The topological polar surface area (TPSA) is 61.5 Å². The highest BCUT2D eigenvalue weighted by atomic mass is 16.5. The zero-order valence-corrected chi connectivity index (χ0v) is 12.2. The van der Waals surface area contributed by atoms with Crippen molar-refractivity contribution >= 4 is 5.97 Å². The summed E-state index contributed by atoms with van der Waals surface area (Å²) in [6, 6.07) is 16.7. The summed E-state index contributed by atoms with van der Waals surface area (Å²) in [6.45, 7) is 1.98. The highest BCUT2D eigenvalue weighted by Gasteiger charge is 2.38. The SMILES string of the molecule is COC(=O)C(N)(COc1cccc(C)c1)c1ccccc1. The maximum Gasteiger partial charge on any atom is 0.334 e. The van der Waals surface area contributed by atoms with E-state index in [9.17, 15) is 4.79 Å². The van der Waals surface area contributed by atoms with Crippen molar-refractivity contribution in [2.75, 3.05) is 13.7 Å². The van der Waals surface area contributed by atoms with Crippen molar-refractivity contribution in [3.8, 4) is 5.75 Å². The Kier molecular flexibility index (Phi) is 4.60. The Bertz CT molecular complexity index is 612. The van der Waals surface area contributed by atoms with Gasteiger partial charge < -0.3 is 15.2 Å². The van der Waals surface area contributed by atoms with Crippen molar-refractivity contribution in [3.05, 3.63) is 65.7 Å². The molecule has 4 nitrogen and oxygen atoms in total. The first kappa shape index (κ1) is 15.1. The molecule has 0 saturated heterocycles. The number of carbonyl (C=O) groups excluding carboxylic acids is 1. The molecule has 1 unspecified atom stereocenters. The molecule has 2 rings (SSSR count). The lowest BCUT2D eigenvalue weighted by atomic mass is 9.92. The highest BCUT2D eigenvalue weighted by Crippen LogP contribution is 2.22. The van der Waals surface area contributed by atoms with Gasteiger partial charge in [0, 0.05) is 0 Å². The molecule has 0 heterocycles. The third-order valence-corrected chi connectivity index (χ3v) is 3.29. The van der Waals surface area contributed by atoms with Gasteiger partial charge in [-0.25, -0.2) is 4.79 Å². The van der Waals surface area contributed by atoms with E-state index in [1.54, 1.807) is 12.1 Å². The Hall–Kier alpha value is -2.33. The van der Waals surface area contributed by atoms with Crippen LogP contribution in [0.1, 0.15) is 11.1 Å². The summed E-state index contributed by atoms with van der Waals surface area (Å²) in [5.41, 5.74) is 6.66. The molecule has 2 aromatic carbocycles. The largest absolute Gasteiger partial charge is 0.491 e. The average Bonchev–Trinajstić information content (AvgIpc) is 2.52. The first-order valence-corrected chi connectivity index (χ1v) is 6.68. The molecule has 0 spiro atoms. The van der Waals surface area contributed by atoms with E-state index in [0.29, 0.717) is 11.3 Å². The lowest BCUT2D eigenvalue weighted by molar-refractivity contribution is -0.148. The molecule has 0 fully saturated rings. The third-order valence-electron chi connectivity index (χ3n) is 3.29. The van der Waals surface area contributed by atoms with Crippen LogP contribution in [0.2, 0.25) is 0 Å². The average molecular weight is 285 g/mol. The first-order valence-electron chi connectivity index (χ1n) is 6.68. The van der Waals surface area contributed by atoms with E-state index in [4.69, 9.17) is 15.2 Å². The summed E-state index contributed by atoms with van der Waals surface area (Å²) in [6.07, 6.45) is 0. The van der Waals surface area contributed by atoms with E-state index in [1.165, 1.54) is 7.11 Å². The molecule has 0 aliphatic carbocycles. The van der Waals surface area contributed by atoms with Gasteiger partial charge in [0.2, 0.25) is 0 Å². The lowest BCUT2D eigenvalue weighted by Crippen LogP contribution is -2.50. The van der Waals surface area contributed by atoms with E-state index < -0.39 is 11.5 Å². The minimum absolute atomic E-state index is 0.00708. The molecule has 21 heavy (non-hydrogen) atoms. The maximum absolute atomic E-state index is 12.1. The van der Waals surface area contributed by atoms with Gasteiger partial charge in [-0.15, -0.1) is 0 Å². The monoisotopic (exact) mass is 285 g/mol. The first-order chi connectivity index (χ1) is 10.1. The number of rotatable bonds is 5. The van der Waals surface area contributed by atoms with Crippen molar-refractivity contribution in [1.82, 2.24) is 0 Å². The van der Waals surface area contributed by atoms with Gasteiger partial charge >= 0.3 is 5.97 Å². The smallest absolute Gasteiger partial charge is 0.334 e. The molecule has 0 bridgehead atoms. The van der Waals surface area contributed by atoms with E-state index in [-0.39, 0.29) is 6.61 Å². The van der Waals surface area contributed by atoms with Crippen LogP contribution in [0.3, 0.4) is 0 Å². The molecule has 1 atom stereocenters. The lowest BCUT2D eigenvalue weighted by Gasteiger charge is -2.27. The minimum Gasteiger partial charge on any atom is -0.491 e. The standard InChI is InChI=1S/C17H19NO3/c1-13-7-6-10-15(11-13)21-12-17(18,16(19)20-2)14-8-4-3-5-9-14/h3-11H,12,18H2,1-2H3. The summed E-state index contributed by atoms with van der Waals surface area (Å²) < 4.78 is 10.5. The molecule has 0 aliphatic rings. The zero-order valence-electron chi connectivity index (χ0n) is 12.2. The van der Waals surface area contributed by atoms with Crippen molar-refractivity contribution in [2.45, 2.75) is 12.5 Å².